The van der Waals surface area contributed by atoms with Crippen LogP contribution in [0.1, 0.15) is 31.9 Å². The van der Waals surface area contributed by atoms with Gasteiger partial charge in [0.1, 0.15) is 0 Å². The molecule has 1 heteroatoms. The molecule has 66 valence electrons. The number of hydrogen-bond donors (Lipinski definition) is 0. The maximum Gasteiger partial charge on any atom is 0.0416 e. The van der Waals surface area contributed by atoms with Crippen LogP contribution in [0.25, 0.3) is 0 Å². The molecule has 0 saturated carbocycles. The molecule has 0 fully saturated rings. The van der Waals surface area contributed by atoms with E-state index >= 15 is 0 Å². The van der Waals surface area contributed by atoms with Crippen LogP contribution in [0.5, 0.6) is 0 Å². The number of alkyl halides is 1. The van der Waals surface area contributed by atoms with E-state index in [-0.39, 0.29) is 3.42 Å². The Morgan fingerprint density at radius 2 is 1.83 bits per heavy atom. The molecule has 1 aromatic carbocycles. The summed E-state index contributed by atoms with van der Waals surface area (Å²) in [5.74, 6) is 0. The van der Waals surface area contributed by atoms with Crippen LogP contribution >= 0.6 is 22.6 Å². The van der Waals surface area contributed by atoms with Gasteiger partial charge in [-0.05, 0) is 31.4 Å². The first-order chi connectivity index (χ1) is 5.55. The Morgan fingerprint density at radius 1 is 1.25 bits per heavy atom. The quantitative estimate of drug-likeness (QED) is 0.566. The first kappa shape index (κ1) is 10.0. The van der Waals surface area contributed by atoms with Gasteiger partial charge >= 0.3 is 0 Å². The first-order valence-electron chi connectivity index (χ1n) is 4.33. The van der Waals surface area contributed by atoms with Gasteiger partial charge in [0.15, 0.2) is 0 Å². The second-order valence-corrected chi connectivity index (χ2v) is 6.18. The highest BCUT2D eigenvalue weighted by Gasteiger charge is 2.17. The van der Waals surface area contributed by atoms with Crippen molar-refractivity contribution in [1.29, 1.82) is 0 Å². The summed E-state index contributed by atoms with van der Waals surface area (Å²) >= 11 is 2.49. The van der Waals surface area contributed by atoms with E-state index in [4.69, 9.17) is 0 Å². The lowest BCUT2D eigenvalue weighted by molar-refractivity contribution is 0.808. The van der Waals surface area contributed by atoms with E-state index in [1.807, 2.05) is 0 Å². The van der Waals surface area contributed by atoms with Gasteiger partial charge in [-0.15, -0.1) is 0 Å². The Labute approximate surface area is 88.5 Å². The molecule has 0 radical (unpaired) electrons. The summed E-state index contributed by atoms with van der Waals surface area (Å²) in [6.45, 7) is 6.71. The zero-order chi connectivity index (χ0) is 9.19. The highest BCUT2D eigenvalue weighted by atomic mass is 127. The molecule has 0 aliphatic carbocycles. The minimum absolute atomic E-state index is 0.254. The minimum atomic E-state index is 0.254. The zero-order valence-corrected chi connectivity index (χ0v) is 10.1. The fraction of sp³-hybridized carbons (Fsp3) is 0.455. The van der Waals surface area contributed by atoms with Crippen molar-refractivity contribution >= 4 is 22.6 Å². The summed E-state index contributed by atoms with van der Waals surface area (Å²) in [5, 5.41) is 0. The fourth-order valence-corrected chi connectivity index (χ4v) is 1.93. The molecule has 0 aliphatic heterocycles. The van der Waals surface area contributed by atoms with Gasteiger partial charge in [0.25, 0.3) is 0 Å². The van der Waals surface area contributed by atoms with Gasteiger partial charge < -0.3 is 0 Å². The van der Waals surface area contributed by atoms with Crippen molar-refractivity contribution in [3.63, 3.8) is 0 Å². The average molecular weight is 274 g/mol. The molecule has 0 unspecified atom stereocenters. The molecule has 0 spiro atoms. The Morgan fingerprint density at radius 3 is 2.25 bits per heavy atom. The Balaban J connectivity index is 3.14. The molecule has 12 heavy (non-hydrogen) atoms. The first-order valence-corrected chi connectivity index (χ1v) is 5.41. The molecule has 0 aromatic heterocycles. The van der Waals surface area contributed by atoms with E-state index < -0.39 is 0 Å². The minimum Gasteiger partial charge on any atom is -0.0743 e. The zero-order valence-electron chi connectivity index (χ0n) is 7.89. The van der Waals surface area contributed by atoms with Crippen LogP contribution in [0.4, 0.5) is 0 Å². The summed E-state index contributed by atoms with van der Waals surface area (Å²) in [5.41, 5.74) is 2.94. The van der Waals surface area contributed by atoms with Crippen molar-refractivity contribution < 1.29 is 0 Å². The lowest BCUT2D eigenvalue weighted by Gasteiger charge is -2.20. The van der Waals surface area contributed by atoms with Crippen LogP contribution in [-0.2, 0) is 9.84 Å². The smallest absolute Gasteiger partial charge is 0.0416 e. The lowest BCUT2D eigenvalue weighted by Crippen LogP contribution is -2.09. The van der Waals surface area contributed by atoms with Gasteiger partial charge in [-0.1, -0.05) is 53.8 Å². The molecule has 0 amide bonds. The summed E-state index contributed by atoms with van der Waals surface area (Å²) in [6, 6.07) is 8.68. The topological polar surface area (TPSA) is 0 Å². The van der Waals surface area contributed by atoms with Gasteiger partial charge in [-0.2, -0.15) is 0 Å². The molecular formula is C11H15I. The number of benzene rings is 1. The second-order valence-electron chi connectivity index (χ2n) is 3.48. The van der Waals surface area contributed by atoms with Gasteiger partial charge in [0.05, 0.1) is 0 Å². The Kier molecular flexibility index (Phi) is 3.16. The van der Waals surface area contributed by atoms with Crippen LogP contribution in [0.3, 0.4) is 0 Å². The van der Waals surface area contributed by atoms with Crippen molar-refractivity contribution in [2.24, 2.45) is 0 Å². The van der Waals surface area contributed by atoms with Gasteiger partial charge in [-0.25, -0.2) is 0 Å². The molecule has 1 rings (SSSR count). The highest BCUT2D eigenvalue weighted by Crippen LogP contribution is 2.32. The summed E-state index contributed by atoms with van der Waals surface area (Å²) in [6.07, 6.45) is 1.13. The number of halogens is 1. The van der Waals surface area contributed by atoms with Gasteiger partial charge in [0.2, 0.25) is 0 Å². The monoisotopic (exact) mass is 274 g/mol. The fourth-order valence-electron chi connectivity index (χ4n) is 1.41. The third-order valence-corrected chi connectivity index (χ3v) is 2.62. The molecule has 0 N–H and O–H groups in total. The van der Waals surface area contributed by atoms with E-state index in [1.165, 1.54) is 11.1 Å². The summed E-state index contributed by atoms with van der Waals surface area (Å²) < 4.78 is 0.254. The third kappa shape index (κ3) is 2.22. The number of rotatable bonds is 2. The van der Waals surface area contributed by atoms with Crippen LogP contribution < -0.4 is 0 Å². The van der Waals surface area contributed by atoms with E-state index in [1.54, 1.807) is 0 Å². The van der Waals surface area contributed by atoms with Crippen LogP contribution in [0.2, 0.25) is 0 Å². The largest absolute Gasteiger partial charge is 0.0743 e. The third-order valence-electron chi connectivity index (χ3n) is 2.04. The SMILES string of the molecule is CCc1ccccc1C(C)(C)I. The predicted molar refractivity (Wildman–Crippen MR) is 62.9 cm³/mol. The van der Waals surface area contributed by atoms with Crippen molar-refractivity contribution in [1.82, 2.24) is 0 Å². The van der Waals surface area contributed by atoms with Gasteiger partial charge in [-0.3, -0.25) is 0 Å². The molecule has 0 saturated heterocycles. The van der Waals surface area contributed by atoms with Crippen LogP contribution in [0.15, 0.2) is 24.3 Å². The standard InChI is InChI=1S/C11H15I/c1-4-9-7-5-6-8-10(9)11(2,3)12/h5-8H,4H2,1-3H3. The Hall–Kier alpha value is -0.0500. The van der Waals surface area contributed by atoms with E-state index in [0.29, 0.717) is 0 Å². The van der Waals surface area contributed by atoms with Crippen LogP contribution in [-0.4, -0.2) is 0 Å². The predicted octanol–water partition coefficient (Wildman–Crippen LogP) is 3.92. The molecule has 0 bridgehead atoms. The molecule has 0 heterocycles. The van der Waals surface area contributed by atoms with Crippen molar-refractivity contribution in [2.75, 3.05) is 0 Å². The second kappa shape index (κ2) is 3.77. The molecule has 0 aliphatic rings. The molecule has 1 aromatic rings. The Bertz CT molecular complexity index is 258. The van der Waals surface area contributed by atoms with Crippen molar-refractivity contribution in [3.05, 3.63) is 35.4 Å². The molecule has 0 atom stereocenters. The van der Waals surface area contributed by atoms with E-state index in [2.05, 4.69) is 67.6 Å². The highest BCUT2D eigenvalue weighted by molar-refractivity contribution is 14.1. The van der Waals surface area contributed by atoms with E-state index in [0.717, 1.165) is 6.42 Å². The number of hydrogen-bond acceptors (Lipinski definition) is 0. The maximum atomic E-state index is 2.49. The molecule has 0 nitrogen and oxygen atoms in total. The summed E-state index contributed by atoms with van der Waals surface area (Å²) in [7, 11) is 0. The lowest BCUT2D eigenvalue weighted by atomic mass is 9.96. The van der Waals surface area contributed by atoms with E-state index in [9.17, 15) is 0 Å². The number of aryl methyl sites for hydroxylation is 1. The summed E-state index contributed by atoms with van der Waals surface area (Å²) in [4.78, 5) is 0. The molecular weight excluding hydrogens is 259 g/mol. The van der Waals surface area contributed by atoms with Gasteiger partial charge in [0, 0.05) is 3.42 Å². The van der Waals surface area contributed by atoms with Crippen molar-refractivity contribution in [3.8, 4) is 0 Å². The normalized spacial score (nSPS) is 11.7. The maximum absolute atomic E-state index is 2.49. The van der Waals surface area contributed by atoms with Crippen molar-refractivity contribution in [2.45, 2.75) is 30.6 Å². The van der Waals surface area contributed by atoms with Crippen LogP contribution in [0, 0.1) is 0 Å². The average Bonchev–Trinajstić information content (AvgIpc) is 2.03.